The molecule has 1 aromatic rings. The fraction of sp³-hybridized carbons (Fsp3) is 0.480. The van der Waals surface area contributed by atoms with E-state index in [1.165, 1.54) is 11.8 Å². The van der Waals surface area contributed by atoms with Crippen LogP contribution < -0.4 is 14.8 Å². The van der Waals surface area contributed by atoms with E-state index in [-0.39, 0.29) is 25.5 Å². The number of allylic oxidation sites excluding steroid dienone is 1. The molecule has 0 bridgehead atoms. The van der Waals surface area contributed by atoms with Crippen LogP contribution in [0.4, 0.5) is 0 Å². The molecule has 10 heteroatoms. The third-order valence-electron chi connectivity index (χ3n) is 5.53. The monoisotopic (exact) mass is 503 g/mol. The Labute approximate surface area is 210 Å². The van der Waals surface area contributed by atoms with Crippen molar-refractivity contribution in [1.29, 1.82) is 0 Å². The van der Waals surface area contributed by atoms with Crippen molar-refractivity contribution >= 4 is 28.8 Å². The van der Waals surface area contributed by atoms with Crippen LogP contribution in [0.15, 0.2) is 45.6 Å². The molecule has 1 unspecified atom stereocenters. The van der Waals surface area contributed by atoms with Gasteiger partial charge in [-0.2, -0.15) is 0 Å². The predicted octanol–water partition coefficient (Wildman–Crippen LogP) is 3.63. The molecule has 0 radical (unpaired) electrons. The first-order chi connectivity index (χ1) is 16.8. The van der Waals surface area contributed by atoms with Crippen molar-refractivity contribution in [3.8, 4) is 11.5 Å². The standard InChI is InChI=1S/C25H33N3O6S/c1-15(2)13-26-21(29)11-17-14-35-25-27-16(3)22(24(30)34-10-9-31-4)23(28(17)25)19-8-7-18(32-5)12-20(19)33-6/h7-8,12,14-15,23H,9-11,13H2,1-6H3,(H,26,29). The normalized spacial score (nSPS) is 17.1. The number of amidine groups is 1. The molecule has 0 spiro atoms. The summed E-state index contributed by atoms with van der Waals surface area (Å²) in [6.07, 6.45) is 0.152. The minimum Gasteiger partial charge on any atom is -0.497 e. The van der Waals surface area contributed by atoms with Crippen LogP contribution >= 0.6 is 11.8 Å². The van der Waals surface area contributed by atoms with E-state index in [1.54, 1.807) is 34.3 Å². The van der Waals surface area contributed by atoms with Crippen molar-refractivity contribution in [3.05, 3.63) is 46.1 Å². The molecule has 35 heavy (non-hydrogen) atoms. The molecule has 3 rings (SSSR count). The van der Waals surface area contributed by atoms with Gasteiger partial charge >= 0.3 is 5.97 Å². The molecular formula is C25H33N3O6S. The maximum Gasteiger partial charge on any atom is 0.338 e. The summed E-state index contributed by atoms with van der Waals surface area (Å²) < 4.78 is 21.6. The van der Waals surface area contributed by atoms with Crippen LogP contribution in [0.3, 0.4) is 0 Å². The lowest BCUT2D eigenvalue weighted by Crippen LogP contribution is -2.38. The molecule has 1 atom stereocenters. The highest BCUT2D eigenvalue weighted by atomic mass is 32.2. The molecule has 1 aromatic carbocycles. The number of fused-ring (bicyclic) bond motifs is 1. The minimum absolute atomic E-state index is 0.0947. The number of benzene rings is 1. The number of amides is 1. The second-order valence-electron chi connectivity index (χ2n) is 8.50. The molecule has 0 aromatic heterocycles. The van der Waals surface area contributed by atoms with Gasteiger partial charge < -0.3 is 29.2 Å². The maximum atomic E-state index is 13.3. The van der Waals surface area contributed by atoms with Crippen LogP contribution in [0.25, 0.3) is 0 Å². The number of ether oxygens (including phenoxy) is 4. The number of rotatable bonds is 11. The van der Waals surface area contributed by atoms with Gasteiger partial charge in [-0.15, -0.1) is 0 Å². The van der Waals surface area contributed by atoms with E-state index in [4.69, 9.17) is 18.9 Å². The highest BCUT2D eigenvalue weighted by molar-refractivity contribution is 8.16. The molecule has 2 aliphatic rings. The lowest BCUT2D eigenvalue weighted by Gasteiger charge is -2.36. The Kier molecular flexibility index (Phi) is 9.22. The molecule has 2 heterocycles. The summed E-state index contributed by atoms with van der Waals surface area (Å²) in [6, 6.07) is 4.85. The molecular weight excluding hydrogens is 470 g/mol. The van der Waals surface area contributed by atoms with E-state index in [2.05, 4.69) is 10.3 Å². The Morgan fingerprint density at radius 2 is 1.94 bits per heavy atom. The van der Waals surface area contributed by atoms with Gasteiger partial charge in [-0.3, -0.25) is 4.79 Å². The Morgan fingerprint density at radius 1 is 1.17 bits per heavy atom. The number of esters is 1. The SMILES string of the molecule is COCCOC(=O)C1=C(C)N=C2SC=C(CC(=O)NCC(C)C)N2C1c1ccc(OC)cc1OC. The Hall–Kier alpha value is -2.98. The van der Waals surface area contributed by atoms with Crippen molar-refractivity contribution in [3.63, 3.8) is 0 Å². The zero-order valence-electron chi connectivity index (χ0n) is 21.0. The zero-order valence-corrected chi connectivity index (χ0v) is 21.9. The lowest BCUT2D eigenvalue weighted by molar-refractivity contribution is -0.141. The molecule has 2 aliphatic heterocycles. The highest BCUT2D eigenvalue weighted by Gasteiger charge is 2.42. The van der Waals surface area contributed by atoms with Gasteiger partial charge in [0.25, 0.3) is 0 Å². The molecule has 0 saturated carbocycles. The lowest BCUT2D eigenvalue weighted by atomic mass is 9.93. The first kappa shape index (κ1) is 26.6. The number of methoxy groups -OCH3 is 3. The molecule has 0 fully saturated rings. The third kappa shape index (κ3) is 6.18. The smallest absolute Gasteiger partial charge is 0.338 e. The van der Waals surface area contributed by atoms with E-state index < -0.39 is 12.0 Å². The number of hydrogen-bond donors (Lipinski definition) is 1. The van der Waals surface area contributed by atoms with Crippen molar-refractivity contribution in [1.82, 2.24) is 10.2 Å². The van der Waals surface area contributed by atoms with Crippen molar-refractivity contribution < 1.29 is 28.5 Å². The van der Waals surface area contributed by atoms with Crippen molar-refractivity contribution in [2.24, 2.45) is 10.9 Å². The van der Waals surface area contributed by atoms with Gasteiger partial charge in [0.15, 0.2) is 5.17 Å². The summed E-state index contributed by atoms with van der Waals surface area (Å²) >= 11 is 1.42. The number of carbonyl (C=O) groups excluding carboxylic acids is 2. The van der Waals surface area contributed by atoms with E-state index in [0.717, 1.165) is 11.3 Å². The Morgan fingerprint density at radius 3 is 2.60 bits per heavy atom. The minimum atomic E-state index is -0.599. The number of aliphatic imine (C=N–C) groups is 1. The second-order valence-corrected chi connectivity index (χ2v) is 9.34. The van der Waals surface area contributed by atoms with Gasteiger partial charge in [0.05, 0.1) is 44.6 Å². The van der Waals surface area contributed by atoms with Gasteiger partial charge in [0.1, 0.15) is 18.1 Å². The number of thioether (sulfide) groups is 1. The molecule has 1 N–H and O–H groups in total. The molecule has 190 valence electrons. The summed E-state index contributed by atoms with van der Waals surface area (Å²) in [6.45, 7) is 6.86. The molecule has 9 nitrogen and oxygen atoms in total. The van der Waals surface area contributed by atoms with Crippen molar-refractivity contribution in [2.75, 3.05) is 41.1 Å². The van der Waals surface area contributed by atoms with Crippen LogP contribution in [0.1, 0.15) is 38.8 Å². The maximum absolute atomic E-state index is 13.3. The van der Waals surface area contributed by atoms with E-state index in [0.29, 0.717) is 40.4 Å². The molecule has 0 aliphatic carbocycles. The van der Waals surface area contributed by atoms with Gasteiger partial charge in [0, 0.05) is 31.0 Å². The summed E-state index contributed by atoms with van der Waals surface area (Å²) in [5.41, 5.74) is 2.40. The zero-order chi connectivity index (χ0) is 25.5. The Bertz CT molecular complexity index is 1050. The third-order valence-corrected chi connectivity index (χ3v) is 6.41. The Balaban J connectivity index is 2.03. The number of nitrogens with zero attached hydrogens (tertiary/aromatic N) is 2. The highest BCUT2D eigenvalue weighted by Crippen LogP contribution is 2.47. The average Bonchev–Trinajstić information content (AvgIpc) is 3.23. The van der Waals surface area contributed by atoms with Gasteiger partial charge in [-0.1, -0.05) is 25.6 Å². The van der Waals surface area contributed by atoms with Crippen molar-refractivity contribution in [2.45, 2.75) is 33.2 Å². The largest absolute Gasteiger partial charge is 0.497 e. The van der Waals surface area contributed by atoms with E-state index in [1.807, 2.05) is 36.3 Å². The topological polar surface area (TPSA) is 98.7 Å². The second kappa shape index (κ2) is 12.1. The van der Waals surface area contributed by atoms with Gasteiger partial charge in [0.2, 0.25) is 5.91 Å². The number of nitrogens with one attached hydrogen (secondary N) is 1. The molecule has 0 saturated heterocycles. The first-order valence-electron chi connectivity index (χ1n) is 11.4. The van der Waals surface area contributed by atoms with E-state index in [9.17, 15) is 9.59 Å². The van der Waals surface area contributed by atoms with Gasteiger partial charge in [-0.25, -0.2) is 9.79 Å². The summed E-state index contributed by atoms with van der Waals surface area (Å²) in [5.74, 6) is 0.924. The van der Waals surface area contributed by atoms with Crippen LogP contribution in [0.2, 0.25) is 0 Å². The number of carbonyl (C=O) groups is 2. The summed E-state index contributed by atoms with van der Waals surface area (Å²) in [4.78, 5) is 32.6. The average molecular weight is 504 g/mol. The molecule has 1 amide bonds. The van der Waals surface area contributed by atoms with Crippen LogP contribution in [-0.4, -0.2) is 63.0 Å². The fourth-order valence-corrected chi connectivity index (χ4v) is 4.77. The van der Waals surface area contributed by atoms with Crippen LogP contribution in [0, 0.1) is 5.92 Å². The predicted molar refractivity (Wildman–Crippen MR) is 135 cm³/mol. The number of hydrogen-bond acceptors (Lipinski definition) is 9. The van der Waals surface area contributed by atoms with E-state index >= 15 is 0 Å². The summed E-state index contributed by atoms with van der Waals surface area (Å²) in [5, 5.41) is 5.55. The van der Waals surface area contributed by atoms with Gasteiger partial charge in [-0.05, 0) is 30.4 Å². The first-order valence-corrected chi connectivity index (χ1v) is 12.3. The van der Waals surface area contributed by atoms with Crippen LogP contribution in [0.5, 0.6) is 11.5 Å². The quantitative estimate of drug-likeness (QED) is 0.361. The van der Waals surface area contributed by atoms with Crippen LogP contribution in [-0.2, 0) is 19.1 Å². The fourth-order valence-electron chi connectivity index (χ4n) is 3.81. The summed E-state index contributed by atoms with van der Waals surface area (Å²) in [7, 11) is 4.69.